The molecule has 10 heteroatoms. The zero-order valence-electron chi connectivity index (χ0n) is 19.4. The van der Waals surface area contributed by atoms with Crippen LogP contribution in [-0.4, -0.2) is 38.9 Å². The molecule has 33 heavy (non-hydrogen) atoms. The molecule has 178 valence electrons. The Morgan fingerprint density at radius 3 is 2.45 bits per heavy atom. The summed E-state index contributed by atoms with van der Waals surface area (Å²) in [4.78, 5) is 38.8. The summed E-state index contributed by atoms with van der Waals surface area (Å²) < 4.78 is 0. The molecular weight excluding hydrogens is 420 g/mol. The van der Waals surface area contributed by atoms with Crippen LogP contribution in [0.15, 0.2) is 35.3 Å². The number of amides is 1. The highest BCUT2D eigenvalue weighted by atomic mass is 16.1. The van der Waals surface area contributed by atoms with Crippen molar-refractivity contribution in [1.82, 2.24) is 25.3 Å². The summed E-state index contributed by atoms with van der Waals surface area (Å²) in [5, 5.41) is 6.08. The van der Waals surface area contributed by atoms with Gasteiger partial charge in [-0.15, -0.1) is 0 Å². The SMILES string of the molecule is CCCC.NCCCCCNC(=O)c1ccc(NCc2cnc3nc(N)[nH]c(=O)c3n2)cc1. The highest BCUT2D eigenvalue weighted by Crippen LogP contribution is 2.11. The topological polar surface area (TPSA) is 165 Å². The van der Waals surface area contributed by atoms with E-state index in [0.29, 0.717) is 30.9 Å². The molecule has 3 rings (SSSR count). The molecule has 0 saturated carbocycles. The molecule has 1 amide bonds. The number of anilines is 2. The standard InChI is InChI=1S/C19H24N8O2.C4H10/c20-8-2-1-3-9-22-17(28)12-4-6-13(7-5-12)23-10-14-11-24-16-15(25-14)18(29)27-19(21)26-16;1-3-4-2/h4-7,11,23H,1-3,8-10,20H2,(H,22,28)(H3,21,24,26,27,29);3-4H2,1-2H3. The van der Waals surface area contributed by atoms with Gasteiger partial charge < -0.3 is 22.1 Å². The van der Waals surface area contributed by atoms with E-state index >= 15 is 0 Å². The normalized spacial score (nSPS) is 10.4. The van der Waals surface area contributed by atoms with Crippen LogP contribution in [0.25, 0.3) is 11.2 Å². The summed E-state index contributed by atoms with van der Waals surface area (Å²) >= 11 is 0. The lowest BCUT2D eigenvalue weighted by Crippen LogP contribution is -2.24. The monoisotopic (exact) mass is 454 g/mol. The van der Waals surface area contributed by atoms with Gasteiger partial charge in [-0.2, -0.15) is 4.98 Å². The Balaban J connectivity index is 0.000000890. The average molecular weight is 455 g/mol. The van der Waals surface area contributed by atoms with E-state index in [0.717, 1.165) is 24.9 Å². The minimum Gasteiger partial charge on any atom is -0.379 e. The van der Waals surface area contributed by atoms with Gasteiger partial charge >= 0.3 is 0 Å². The van der Waals surface area contributed by atoms with E-state index in [9.17, 15) is 9.59 Å². The van der Waals surface area contributed by atoms with Crippen LogP contribution < -0.4 is 27.7 Å². The first-order valence-electron chi connectivity index (χ1n) is 11.3. The summed E-state index contributed by atoms with van der Waals surface area (Å²) in [7, 11) is 0. The number of rotatable bonds is 10. The molecule has 0 unspecified atom stereocenters. The minimum absolute atomic E-state index is 0.00219. The molecule has 0 fully saturated rings. The first kappa shape index (κ1) is 25.7. The summed E-state index contributed by atoms with van der Waals surface area (Å²) in [6, 6.07) is 7.13. The van der Waals surface area contributed by atoms with Gasteiger partial charge in [0.1, 0.15) is 0 Å². The number of nitrogens with zero attached hydrogens (tertiary/aromatic N) is 3. The van der Waals surface area contributed by atoms with Gasteiger partial charge in [-0.3, -0.25) is 14.6 Å². The number of nitrogen functional groups attached to an aromatic ring is 1. The van der Waals surface area contributed by atoms with E-state index < -0.39 is 5.56 Å². The van der Waals surface area contributed by atoms with Crippen LogP contribution in [-0.2, 0) is 6.54 Å². The van der Waals surface area contributed by atoms with Crippen molar-refractivity contribution < 1.29 is 4.79 Å². The molecule has 0 radical (unpaired) electrons. The number of fused-ring (bicyclic) bond motifs is 1. The Hall–Kier alpha value is -3.53. The number of carbonyl (C=O) groups excluding carboxylic acids is 1. The van der Waals surface area contributed by atoms with Gasteiger partial charge in [0.25, 0.3) is 11.5 Å². The zero-order valence-corrected chi connectivity index (χ0v) is 19.4. The van der Waals surface area contributed by atoms with Crippen LogP contribution in [0.3, 0.4) is 0 Å². The van der Waals surface area contributed by atoms with Crippen molar-refractivity contribution in [1.29, 1.82) is 0 Å². The molecule has 0 aliphatic rings. The van der Waals surface area contributed by atoms with Crippen molar-refractivity contribution in [2.75, 3.05) is 24.1 Å². The molecule has 10 nitrogen and oxygen atoms in total. The molecule has 0 bridgehead atoms. The smallest absolute Gasteiger partial charge is 0.280 e. The fourth-order valence-corrected chi connectivity index (χ4v) is 2.74. The Bertz CT molecular complexity index is 1060. The lowest BCUT2D eigenvalue weighted by Gasteiger charge is -2.08. The minimum atomic E-state index is -0.430. The van der Waals surface area contributed by atoms with Gasteiger partial charge in [0.15, 0.2) is 11.2 Å². The van der Waals surface area contributed by atoms with E-state index in [1.54, 1.807) is 12.1 Å². The van der Waals surface area contributed by atoms with Crippen molar-refractivity contribution in [2.24, 2.45) is 5.73 Å². The molecular formula is C23H34N8O2. The maximum absolute atomic E-state index is 12.1. The zero-order chi connectivity index (χ0) is 24.1. The lowest BCUT2D eigenvalue weighted by atomic mass is 10.2. The number of hydrogen-bond donors (Lipinski definition) is 5. The summed E-state index contributed by atoms with van der Waals surface area (Å²) in [5.74, 6) is -0.0990. The van der Waals surface area contributed by atoms with Crippen molar-refractivity contribution in [3.05, 3.63) is 52.1 Å². The van der Waals surface area contributed by atoms with Gasteiger partial charge in [0.2, 0.25) is 5.95 Å². The van der Waals surface area contributed by atoms with Crippen molar-refractivity contribution in [2.45, 2.75) is 52.5 Å². The molecule has 2 heterocycles. The fourth-order valence-electron chi connectivity index (χ4n) is 2.74. The van der Waals surface area contributed by atoms with Gasteiger partial charge in [-0.05, 0) is 43.7 Å². The predicted octanol–water partition coefficient (Wildman–Crippen LogP) is 2.57. The molecule has 3 aromatic rings. The van der Waals surface area contributed by atoms with Crippen molar-refractivity contribution >= 4 is 28.7 Å². The highest BCUT2D eigenvalue weighted by Gasteiger charge is 2.07. The van der Waals surface area contributed by atoms with Crippen molar-refractivity contribution in [3.63, 3.8) is 0 Å². The number of hydrogen-bond acceptors (Lipinski definition) is 8. The van der Waals surface area contributed by atoms with Crippen LogP contribution in [0.4, 0.5) is 11.6 Å². The first-order valence-corrected chi connectivity index (χ1v) is 11.3. The molecule has 0 atom stereocenters. The van der Waals surface area contributed by atoms with Gasteiger partial charge in [0, 0.05) is 17.8 Å². The predicted molar refractivity (Wildman–Crippen MR) is 132 cm³/mol. The van der Waals surface area contributed by atoms with Crippen LogP contribution in [0.5, 0.6) is 0 Å². The number of benzene rings is 1. The van der Waals surface area contributed by atoms with E-state index in [-0.39, 0.29) is 23.0 Å². The molecule has 2 aromatic heterocycles. The number of carbonyl (C=O) groups is 1. The third-order valence-electron chi connectivity index (χ3n) is 4.77. The molecule has 0 aliphatic carbocycles. The third kappa shape index (κ3) is 8.49. The van der Waals surface area contributed by atoms with Crippen LogP contribution in [0, 0.1) is 0 Å². The number of aromatic amines is 1. The molecule has 0 spiro atoms. The Morgan fingerprint density at radius 1 is 1.06 bits per heavy atom. The summed E-state index contributed by atoms with van der Waals surface area (Å²) in [6.07, 6.45) is 7.07. The van der Waals surface area contributed by atoms with E-state index in [1.807, 2.05) is 12.1 Å². The number of H-pyrrole nitrogens is 1. The maximum Gasteiger partial charge on any atom is 0.280 e. The van der Waals surface area contributed by atoms with Crippen molar-refractivity contribution in [3.8, 4) is 0 Å². The Kier molecular flexibility index (Phi) is 10.8. The van der Waals surface area contributed by atoms with E-state index in [1.165, 1.54) is 19.0 Å². The molecule has 0 aliphatic heterocycles. The Labute approximate surface area is 193 Å². The first-order chi connectivity index (χ1) is 16.0. The van der Waals surface area contributed by atoms with Gasteiger partial charge in [-0.1, -0.05) is 33.1 Å². The second-order valence-corrected chi connectivity index (χ2v) is 7.52. The average Bonchev–Trinajstić information content (AvgIpc) is 2.83. The van der Waals surface area contributed by atoms with Gasteiger partial charge in [0.05, 0.1) is 18.4 Å². The molecule has 7 N–H and O–H groups in total. The number of nitrogens with one attached hydrogen (secondary N) is 3. The quantitative estimate of drug-likeness (QED) is 0.292. The van der Waals surface area contributed by atoms with Gasteiger partial charge in [-0.25, -0.2) is 9.97 Å². The van der Waals surface area contributed by atoms with Crippen LogP contribution >= 0.6 is 0 Å². The van der Waals surface area contributed by atoms with E-state index in [4.69, 9.17) is 11.5 Å². The third-order valence-corrected chi connectivity index (χ3v) is 4.77. The lowest BCUT2D eigenvalue weighted by molar-refractivity contribution is 0.0953. The molecule has 1 aromatic carbocycles. The second-order valence-electron chi connectivity index (χ2n) is 7.52. The highest BCUT2D eigenvalue weighted by molar-refractivity contribution is 5.94. The number of unbranched alkanes of at least 4 members (excludes halogenated alkanes) is 3. The number of nitrogens with two attached hydrogens (primary N) is 2. The number of aromatic nitrogens is 4. The summed E-state index contributed by atoms with van der Waals surface area (Å²) in [6.45, 7) is 6.04. The van der Waals surface area contributed by atoms with Crippen LogP contribution in [0.2, 0.25) is 0 Å². The second kappa shape index (κ2) is 13.8. The molecule has 0 saturated heterocycles. The maximum atomic E-state index is 12.1. The van der Waals surface area contributed by atoms with E-state index in [2.05, 4.69) is 44.4 Å². The fraction of sp³-hybridized carbons (Fsp3) is 0.435. The largest absolute Gasteiger partial charge is 0.379 e. The summed E-state index contributed by atoms with van der Waals surface area (Å²) in [5.41, 5.74) is 12.8. The Morgan fingerprint density at radius 2 is 1.79 bits per heavy atom. The van der Waals surface area contributed by atoms with Crippen LogP contribution in [0.1, 0.15) is 62.0 Å².